The summed E-state index contributed by atoms with van der Waals surface area (Å²) in [7, 11) is 2.07. The number of benzene rings is 1. The lowest BCUT2D eigenvalue weighted by Gasteiger charge is -2.22. The zero-order chi connectivity index (χ0) is 18.2. The lowest BCUT2D eigenvalue weighted by Crippen LogP contribution is -2.38. The van der Waals surface area contributed by atoms with Gasteiger partial charge in [-0.3, -0.25) is 9.39 Å². The number of aryl methyl sites for hydroxylation is 1. The highest BCUT2D eigenvalue weighted by Gasteiger charge is 2.07. The van der Waals surface area contributed by atoms with Gasteiger partial charge in [0.2, 0.25) is 0 Å². The van der Waals surface area contributed by atoms with Crippen LogP contribution < -0.4 is 5.32 Å². The van der Waals surface area contributed by atoms with Crippen LogP contribution in [0.5, 0.6) is 0 Å². The van der Waals surface area contributed by atoms with Gasteiger partial charge in [-0.1, -0.05) is 36.4 Å². The topological polar surface area (TPSA) is 57.8 Å². The minimum atomic E-state index is 0. The maximum atomic E-state index is 4.76. The van der Waals surface area contributed by atoms with Crippen LogP contribution in [-0.2, 0) is 13.0 Å². The molecule has 0 aliphatic carbocycles. The van der Waals surface area contributed by atoms with Crippen LogP contribution >= 0.6 is 24.0 Å². The van der Waals surface area contributed by atoms with Crippen molar-refractivity contribution in [2.24, 2.45) is 4.99 Å². The van der Waals surface area contributed by atoms with Crippen molar-refractivity contribution < 1.29 is 0 Å². The third-order valence-electron chi connectivity index (χ3n) is 4.16. The summed E-state index contributed by atoms with van der Waals surface area (Å²) < 4.78 is 2.04. The maximum Gasteiger partial charge on any atom is 0.193 e. The van der Waals surface area contributed by atoms with E-state index in [-0.39, 0.29) is 24.0 Å². The minimum absolute atomic E-state index is 0. The number of nitrogens with one attached hydrogen (secondary N) is 1. The second-order valence-corrected chi connectivity index (χ2v) is 6.23. The Balaban J connectivity index is 0.00000261. The molecule has 0 aliphatic rings. The van der Waals surface area contributed by atoms with Crippen molar-refractivity contribution >= 4 is 35.6 Å². The molecule has 2 heterocycles. The Morgan fingerprint density at radius 2 is 1.89 bits per heavy atom. The van der Waals surface area contributed by atoms with Gasteiger partial charge in [0, 0.05) is 39.3 Å². The van der Waals surface area contributed by atoms with Crippen LogP contribution in [0.3, 0.4) is 0 Å². The van der Waals surface area contributed by atoms with E-state index in [2.05, 4.69) is 58.7 Å². The zero-order valence-electron chi connectivity index (χ0n) is 15.9. The molecule has 27 heavy (non-hydrogen) atoms. The number of hydrogen-bond acceptors (Lipinski definition) is 3. The molecule has 1 aromatic carbocycles. The van der Waals surface area contributed by atoms with Crippen LogP contribution in [0.4, 0.5) is 0 Å². The molecule has 0 amide bonds. The van der Waals surface area contributed by atoms with Gasteiger partial charge in [0.25, 0.3) is 0 Å². The molecule has 3 aromatic rings. The highest BCUT2D eigenvalue weighted by atomic mass is 127. The number of nitrogens with zero attached hydrogens (tertiary/aromatic N) is 5. The van der Waals surface area contributed by atoms with E-state index in [4.69, 9.17) is 4.99 Å². The second kappa shape index (κ2) is 10.9. The van der Waals surface area contributed by atoms with Gasteiger partial charge >= 0.3 is 0 Å². The summed E-state index contributed by atoms with van der Waals surface area (Å²) in [4.78, 5) is 6.92. The number of fused-ring (bicyclic) bond motifs is 1. The molecule has 144 valence electrons. The first-order valence-corrected chi connectivity index (χ1v) is 9.10. The average Bonchev–Trinajstić information content (AvgIpc) is 3.08. The Bertz CT molecular complexity index is 846. The van der Waals surface area contributed by atoms with Crippen LogP contribution in [0.15, 0.2) is 59.7 Å². The summed E-state index contributed by atoms with van der Waals surface area (Å²) in [6.45, 7) is 4.53. The zero-order valence-corrected chi connectivity index (χ0v) is 18.2. The summed E-state index contributed by atoms with van der Waals surface area (Å²) >= 11 is 0. The number of guanidine groups is 1. The highest BCUT2D eigenvalue weighted by molar-refractivity contribution is 14.0. The monoisotopic (exact) mass is 478 g/mol. The molecular formula is C20H27IN6. The molecule has 3 rings (SSSR count). The van der Waals surface area contributed by atoms with Crippen molar-refractivity contribution in [3.8, 4) is 0 Å². The van der Waals surface area contributed by atoms with E-state index in [1.807, 2.05) is 34.9 Å². The van der Waals surface area contributed by atoms with Gasteiger partial charge in [-0.05, 0) is 31.0 Å². The molecule has 0 radical (unpaired) electrons. The molecule has 2 aromatic heterocycles. The number of pyridine rings is 1. The smallest absolute Gasteiger partial charge is 0.193 e. The van der Waals surface area contributed by atoms with Crippen molar-refractivity contribution in [2.75, 3.05) is 20.1 Å². The van der Waals surface area contributed by atoms with E-state index in [0.717, 1.165) is 49.9 Å². The van der Waals surface area contributed by atoms with Gasteiger partial charge in [0.1, 0.15) is 5.82 Å². The number of rotatable bonds is 7. The standard InChI is InChI=1S/C20H26N6.HI/c1-3-21-20(25(2)16-17-10-5-4-6-11-17)22-14-9-13-19-24-23-18-12-7-8-15-26(18)19;/h4-8,10-12,15H,3,9,13-14,16H2,1-2H3,(H,21,22);1H. The van der Waals surface area contributed by atoms with Crippen molar-refractivity contribution in [2.45, 2.75) is 26.3 Å². The molecule has 0 bridgehead atoms. The lowest BCUT2D eigenvalue weighted by atomic mass is 10.2. The van der Waals surface area contributed by atoms with Gasteiger partial charge < -0.3 is 10.2 Å². The average molecular weight is 478 g/mol. The van der Waals surface area contributed by atoms with Crippen LogP contribution in [0, 0.1) is 0 Å². The maximum absolute atomic E-state index is 4.76. The molecule has 0 atom stereocenters. The van der Waals surface area contributed by atoms with E-state index in [1.165, 1.54) is 5.56 Å². The van der Waals surface area contributed by atoms with E-state index >= 15 is 0 Å². The molecular weight excluding hydrogens is 451 g/mol. The molecule has 0 saturated carbocycles. The molecule has 0 spiro atoms. The number of hydrogen-bond donors (Lipinski definition) is 1. The number of aliphatic imine (C=N–C) groups is 1. The third-order valence-corrected chi connectivity index (χ3v) is 4.16. The van der Waals surface area contributed by atoms with Crippen molar-refractivity contribution in [3.05, 3.63) is 66.1 Å². The van der Waals surface area contributed by atoms with Gasteiger partial charge in [0.15, 0.2) is 11.6 Å². The van der Waals surface area contributed by atoms with Gasteiger partial charge in [-0.25, -0.2) is 0 Å². The predicted molar refractivity (Wildman–Crippen MR) is 121 cm³/mol. The first kappa shape index (κ1) is 21.1. The summed E-state index contributed by atoms with van der Waals surface area (Å²) in [6.07, 6.45) is 3.80. The Morgan fingerprint density at radius 1 is 1.11 bits per heavy atom. The second-order valence-electron chi connectivity index (χ2n) is 6.23. The molecule has 0 fully saturated rings. The van der Waals surface area contributed by atoms with E-state index in [0.29, 0.717) is 0 Å². The first-order valence-electron chi connectivity index (χ1n) is 9.10. The Labute approximate surface area is 177 Å². The van der Waals surface area contributed by atoms with Crippen molar-refractivity contribution in [3.63, 3.8) is 0 Å². The highest BCUT2D eigenvalue weighted by Crippen LogP contribution is 2.06. The Morgan fingerprint density at radius 3 is 2.67 bits per heavy atom. The molecule has 6 nitrogen and oxygen atoms in total. The summed E-state index contributed by atoms with van der Waals surface area (Å²) in [5.74, 6) is 1.92. The van der Waals surface area contributed by atoms with E-state index < -0.39 is 0 Å². The third kappa shape index (κ3) is 5.92. The summed E-state index contributed by atoms with van der Waals surface area (Å²) in [6, 6.07) is 16.4. The first-order chi connectivity index (χ1) is 12.8. The largest absolute Gasteiger partial charge is 0.357 e. The Hall–Kier alpha value is -2.16. The normalized spacial score (nSPS) is 11.3. The van der Waals surface area contributed by atoms with Crippen LogP contribution in [0.2, 0.25) is 0 Å². The van der Waals surface area contributed by atoms with E-state index in [9.17, 15) is 0 Å². The SMILES string of the molecule is CCNC(=NCCCc1nnc2ccccn12)N(C)Cc1ccccc1.I. The molecule has 0 aliphatic heterocycles. The Kier molecular flexibility index (Phi) is 8.50. The van der Waals surface area contributed by atoms with Crippen LogP contribution in [0.1, 0.15) is 24.7 Å². The fourth-order valence-electron chi connectivity index (χ4n) is 2.89. The fraction of sp³-hybridized carbons (Fsp3) is 0.350. The lowest BCUT2D eigenvalue weighted by molar-refractivity contribution is 0.476. The fourth-order valence-corrected chi connectivity index (χ4v) is 2.89. The van der Waals surface area contributed by atoms with Gasteiger partial charge in [0.05, 0.1) is 0 Å². The quantitative estimate of drug-likeness (QED) is 0.245. The molecule has 0 saturated heterocycles. The predicted octanol–water partition coefficient (Wildman–Crippen LogP) is 3.38. The summed E-state index contributed by atoms with van der Waals surface area (Å²) in [5.41, 5.74) is 2.16. The van der Waals surface area contributed by atoms with Gasteiger partial charge in [-0.2, -0.15) is 0 Å². The molecule has 1 N–H and O–H groups in total. The minimum Gasteiger partial charge on any atom is -0.357 e. The van der Waals surface area contributed by atoms with Gasteiger partial charge in [-0.15, -0.1) is 34.2 Å². The van der Waals surface area contributed by atoms with Crippen LogP contribution in [0.25, 0.3) is 5.65 Å². The molecule has 0 unspecified atom stereocenters. The summed E-state index contributed by atoms with van der Waals surface area (Å²) in [5, 5.41) is 11.8. The number of halogens is 1. The van der Waals surface area contributed by atoms with Crippen molar-refractivity contribution in [1.82, 2.24) is 24.8 Å². The van der Waals surface area contributed by atoms with E-state index in [1.54, 1.807) is 0 Å². The number of aromatic nitrogens is 3. The van der Waals surface area contributed by atoms with Crippen molar-refractivity contribution in [1.29, 1.82) is 0 Å². The molecule has 7 heteroatoms. The van der Waals surface area contributed by atoms with Crippen LogP contribution in [-0.4, -0.2) is 45.6 Å².